The summed E-state index contributed by atoms with van der Waals surface area (Å²) >= 11 is 0. The minimum atomic E-state index is -1.52. The third kappa shape index (κ3) is 5.36. The summed E-state index contributed by atoms with van der Waals surface area (Å²) in [6.45, 7) is 6.19. The van der Waals surface area contributed by atoms with Crippen molar-refractivity contribution >= 4 is 5.78 Å². The third-order valence-corrected chi connectivity index (χ3v) is 7.67. The van der Waals surface area contributed by atoms with Crippen molar-refractivity contribution in [2.45, 2.75) is 70.2 Å². The van der Waals surface area contributed by atoms with E-state index in [0.717, 1.165) is 29.8 Å². The van der Waals surface area contributed by atoms with Crippen LogP contribution in [0.25, 0.3) is 11.3 Å². The zero-order valence-electron chi connectivity index (χ0n) is 21.7. The summed E-state index contributed by atoms with van der Waals surface area (Å²) in [7, 11) is 0. The first-order valence-corrected chi connectivity index (χ1v) is 12.4. The average Bonchev–Trinajstić information content (AvgIpc) is 2.83. The summed E-state index contributed by atoms with van der Waals surface area (Å²) < 4.78 is 44.4. The number of Topliss-reactive ketones (excluding diaryl/α,β-unsaturated/α-hetero) is 1. The largest absolute Gasteiger partial charge is 0.390 e. The molecule has 0 saturated heterocycles. The predicted octanol–water partition coefficient (Wildman–Crippen LogP) is 4.84. The molecule has 3 aromatic rings. The number of carbonyl (C=O) groups excluding carboxylic acids is 1. The molecule has 202 valence electrons. The van der Waals surface area contributed by atoms with Crippen molar-refractivity contribution in [3.63, 3.8) is 0 Å². The summed E-state index contributed by atoms with van der Waals surface area (Å²) in [6, 6.07) is 5.68. The fraction of sp³-hybridized carbons (Fsp3) is 0.414. The molecule has 3 N–H and O–H groups in total. The second-order valence-corrected chi connectivity index (χ2v) is 10.9. The first kappa shape index (κ1) is 27.9. The normalized spacial score (nSPS) is 23.9. The molecular weight excluding hydrogens is 497 g/mol. The van der Waals surface area contributed by atoms with Gasteiger partial charge in [0.25, 0.3) is 0 Å². The summed E-state index contributed by atoms with van der Waals surface area (Å²) in [4.78, 5) is 21.3. The monoisotopic (exact) mass is 528 g/mol. The number of ketones is 1. The number of halogens is 3. The second kappa shape index (κ2) is 10.2. The van der Waals surface area contributed by atoms with Crippen molar-refractivity contribution in [1.29, 1.82) is 0 Å². The van der Waals surface area contributed by atoms with E-state index in [0.29, 0.717) is 18.4 Å². The van der Waals surface area contributed by atoms with E-state index in [1.165, 1.54) is 20.0 Å². The number of pyridine rings is 2. The standard InChI is InChI=1S/C29H31F3N2O4/c1-15-9-16(11-25(36)29(15,4)38)19-7-8-33-14-17(19)10-24(35)23-6-5-20(30)27(34-23)26-21(31)12-18(13-22(26)32)28(2,3)37/h5-8,12-16,25,36-38H,9-11H2,1-4H3/t15-,16+,25+,29+/m1/s1. The Kier molecular flexibility index (Phi) is 7.49. The minimum Gasteiger partial charge on any atom is -0.390 e. The van der Waals surface area contributed by atoms with Crippen molar-refractivity contribution < 1.29 is 33.3 Å². The van der Waals surface area contributed by atoms with Crippen molar-refractivity contribution in [2.75, 3.05) is 0 Å². The molecule has 0 spiro atoms. The zero-order valence-corrected chi connectivity index (χ0v) is 21.7. The quantitative estimate of drug-likeness (QED) is 0.396. The summed E-state index contributed by atoms with van der Waals surface area (Å²) in [6.07, 6.45) is 2.93. The molecule has 1 saturated carbocycles. The fourth-order valence-electron chi connectivity index (χ4n) is 5.02. The molecule has 0 aliphatic heterocycles. The van der Waals surface area contributed by atoms with Gasteiger partial charge in [-0.25, -0.2) is 18.2 Å². The van der Waals surface area contributed by atoms with Crippen LogP contribution in [0.3, 0.4) is 0 Å². The van der Waals surface area contributed by atoms with Gasteiger partial charge in [-0.05, 0) is 92.5 Å². The van der Waals surface area contributed by atoms with Gasteiger partial charge in [0.05, 0.1) is 22.9 Å². The number of aliphatic hydroxyl groups excluding tert-OH is 1. The Labute approximate surface area is 219 Å². The molecule has 9 heteroatoms. The van der Waals surface area contributed by atoms with Crippen LogP contribution < -0.4 is 0 Å². The second-order valence-electron chi connectivity index (χ2n) is 10.9. The van der Waals surface area contributed by atoms with Crippen LogP contribution >= 0.6 is 0 Å². The van der Waals surface area contributed by atoms with Gasteiger partial charge in [-0.2, -0.15) is 0 Å². The average molecular weight is 529 g/mol. The van der Waals surface area contributed by atoms with Crippen LogP contribution in [0.1, 0.15) is 73.6 Å². The Hall–Kier alpha value is -3.14. The lowest BCUT2D eigenvalue weighted by molar-refractivity contribution is -0.123. The van der Waals surface area contributed by atoms with Gasteiger partial charge in [0.1, 0.15) is 28.8 Å². The van der Waals surface area contributed by atoms with Crippen LogP contribution in [0.2, 0.25) is 0 Å². The van der Waals surface area contributed by atoms with Gasteiger partial charge >= 0.3 is 0 Å². The highest BCUT2D eigenvalue weighted by Crippen LogP contribution is 2.42. The van der Waals surface area contributed by atoms with Crippen LogP contribution in [-0.4, -0.2) is 42.8 Å². The predicted molar refractivity (Wildman–Crippen MR) is 135 cm³/mol. The van der Waals surface area contributed by atoms with E-state index < -0.39 is 51.8 Å². The Bertz CT molecular complexity index is 1330. The molecule has 2 aromatic heterocycles. The highest BCUT2D eigenvalue weighted by atomic mass is 19.1. The first-order chi connectivity index (χ1) is 17.7. The maximum atomic E-state index is 14.9. The zero-order chi connectivity index (χ0) is 28.0. The summed E-state index contributed by atoms with van der Waals surface area (Å²) in [5.41, 5.74) is -2.94. The third-order valence-electron chi connectivity index (χ3n) is 7.67. The molecule has 0 radical (unpaired) electrons. The van der Waals surface area contributed by atoms with Gasteiger partial charge in [0, 0.05) is 18.8 Å². The number of aromatic nitrogens is 2. The lowest BCUT2D eigenvalue weighted by atomic mass is 9.68. The highest BCUT2D eigenvalue weighted by Gasteiger charge is 2.43. The molecule has 1 aromatic carbocycles. The van der Waals surface area contributed by atoms with Crippen LogP contribution in [0.15, 0.2) is 42.7 Å². The number of aliphatic hydroxyl groups is 3. The van der Waals surface area contributed by atoms with Crippen molar-refractivity contribution in [2.24, 2.45) is 5.92 Å². The maximum absolute atomic E-state index is 14.9. The van der Waals surface area contributed by atoms with Crippen LogP contribution in [0.4, 0.5) is 13.2 Å². The maximum Gasteiger partial charge on any atom is 0.185 e. The fourth-order valence-corrected chi connectivity index (χ4v) is 5.02. The lowest BCUT2D eigenvalue weighted by Gasteiger charge is -2.43. The van der Waals surface area contributed by atoms with E-state index in [1.807, 2.05) is 6.92 Å². The molecule has 6 nitrogen and oxygen atoms in total. The highest BCUT2D eigenvalue weighted by molar-refractivity contribution is 5.96. The van der Waals surface area contributed by atoms with Crippen molar-refractivity contribution in [3.05, 3.63) is 82.6 Å². The molecule has 4 rings (SSSR count). The number of nitrogens with zero attached hydrogens (tertiary/aromatic N) is 2. The van der Waals surface area contributed by atoms with Gasteiger partial charge in [-0.3, -0.25) is 9.78 Å². The topological polar surface area (TPSA) is 104 Å². The lowest BCUT2D eigenvalue weighted by Crippen LogP contribution is -2.49. The Morgan fingerprint density at radius 1 is 1.11 bits per heavy atom. The van der Waals surface area contributed by atoms with E-state index in [2.05, 4.69) is 9.97 Å². The van der Waals surface area contributed by atoms with Crippen molar-refractivity contribution in [1.82, 2.24) is 9.97 Å². The molecule has 2 heterocycles. The Balaban J connectivity index is 1.64. The van der Waals surface area contributed by atoms with Gasteiger partial charge < -0.3 is 15.3 Å². The number of carbonyl (C=O) groups is 1. The molecule has 38 heavy (non-hydrogen) atoms. The van der Waals surface area contributed by atoms with E-state index in [-0.39, 0.29) is 29.5 Å². The number of hydrogen-bond donors (Lipinski definition) is 3. The molecule has 1 aliphatic carbocycles. The van der Waals surface area contributed by atoms with Gasteiger partial charge in [-0.1, -0.05) is 6.92 Å². The Morgan fingerprint density at radius 2 is 1.76 bits per heavy atom. The van der Waals surface area contributed by atoms with Crippen LogP contribution in [-0.2, 0) is 12.0 Å². The molecule has 0 bridgehead atoms. The minimum absolute atomic E-state index is 0.0309. The SMILES string of the molecule is C[C@@H]1C[C@H](c2ccncc2CC(=O)c2ccc(F)c(-c3c(F)cc(C(C)(C)O)cc3F)n2)C[C@H](O)[C@@]1(C)O. The molecule has 0 amide bonds. The van der Waals surface area contributed by atoms with Gasteiger partial charge in [-0.15, -0.1) is 0 Å². The number of hydrogen-bond acceptors (Lipinski definition) is 6. The number of benzene rings is 1. The first-order valence-electron chi connectivity index (χ1n) is 12.4. The van der Waals surface area contributed by atoms with Gasteiger partial charge in [0.2, 0.25) is 0 Å². The number of rotatable bonds is 6. The van der Waals surface area contributed by atoms with E-state index in [1.54, 1.807) is 19.2 Å². The van der Waals surface area contributed by atoms with Crippen LogP contribution in [0.5, 0.6) is 0 Å². The molecule has 4 atom stereocenters. The van der Waals surface area contributed by atoms with E-state index in [4.69, 9.17) is 0 Å². The molecule has 1 fully saturated rings. The summed E-state index contributed by atoms with van der Waals surface area (Å²) in [5, 5.41) is 31.1. The van der Waals surface area contributed by atoms with Crippen LogP contribution in [0, 0.1) is 23.4 Å². The van der Waals surface area contributed by atoms with E-state index >= 15 is 0 Å². The molecular formula is C29H31F3N2O4. The summed E-state index contributed by atoms with van der Waals surface area (Å²) in [5.74, 6) is -4.07. The van der Waals surface area contributed by atoms with E-state index in [9.17, 15) is 33.3 Å². The Morgan fingerprint density at radius 3 is 2.37 bits per heavy atom. The molecule has 0 unspecified atom stereocenters. The van der Waals surface area contributed by atoms with Gasteiger partial charge in [0.15, 0.2) is 5.78 Å². The molecule has 1 aliphatic rings. The smallest absolute Gasteiger partial charge is 0.185 e. The van der Waals surface area contributed by atoms with Crippen molar-refractivity contribution in [3.8, 4) is 11.3 Å².